The number of carbonyl (C=O) groups is 5. The summed E-state index contributed by atoms with van der Waals surface area (Å²) in [6.07, 6.45) is -23.9. The molecule has 4 aliphatic heterocycles. The normalized spacial score (nSPS) is 26.1. The van der Waals surface area contributed by atoms with Crippen LogP contribution in [-0.2, 0) is 152 Å². The molecule has 128 heavy (non-hydrogen) atoms. The Morgan fingerprint density at radius 3 is 0.742 bits per heavy atom. The molecule has 0 spiro atoms. The van der Waals surface area contributed by atoms with Gasteiger partial charge in [0.2, 0.25) is 23.6 Å². The highest BCUT2D eigenvalue weighted by atomic mass is 16.7. The Kier molecular flexibility index (Phi) is 47.3. The van der Waals surface area contributed by atoms with Crippen molar-refractivity contribution in [2.75, 3.05) is 185 Å². The van der Waals surface area contributed by atoms with Crippen molar-refractivity contribution in [1.82, 2.24) is 79.6 Å². The van der Waals surface area contributed by atoms with Crippen LogP contribution in [-0.4, -0.2) is 504 Å². The molecule has 54 heteroatoms. The van der Waals surface area contributed by atoms with Gasteiger partial charge >= 0.3 is 5.97 Å². The molecular formula is C74H124N16O38. The summed E-state index contributed by atoms with van der Waals surface area (Å²) in [7, 11) is 0. The topological polar surface area (TPSA) is 713 Å². The molecule has 4 fully saturated rings. The molecule has 54 nitrogen and oxygen atoms in total. The number of ether oxygens (including phenoxy) is 16. The van der Waals surface area contributed by atoms with Gasteiger partial charge in [0, 0.05) is 52.4 Å². The molecule has 0 radical (unpaired) electrons. The van der Waals surface area contributed by atoms with Crippen LogP contribution in [0.25, 0.3) is 0 Å². The lowest BCUT2D eigenvalue weighted by atomic mass is 9.99. The first kappa shape index (κ1) is 106. The predicted molar refractivity (Wildman–Crippen MR) is 419 cm³/mol. The zero-order valence-corrected chi connectivity index (χ0v) is 71.0. The Hall–Kier alpha value is -7.37. The molecule has 8 heterocycles. The van der Waals surface area contributed by atoms with Crippen molar-refractivity contribution in [3.8, 4) is 0 Å². The third-order valence-electron chi connectivity index (χ3n) is 20.4. The molecule has 4 amide bonds. The van der Waals surface area contributed by atoms with E-state index < -0.39 is 185 Å². The average molecular weight is 1850 g/mol. The minimum atomic E-state index is -1.61. The van der Waals surface area contributed by atoms with Gasteiger partial charge in [-0.1, -0.05) is 20.9 Å². The van der Waals surface area contributed by atoms with Crippen molar-refractivity contribution in [1.29, 1.82) is 0 Å². The molecule has 8 rings (SSSR count). The van der Waals surface area contributed by atoms with Crippen LogP contribution in [0, 0.1) is 0 Å². The van der Waals surface area contributed by atoms with Gasteiger partial charge in [-0.25, -0.2) is 18.7 Å². The van der Waals surface area contributed by atoms with E-state index in [0.717, 1.165) is 0 Å². The minimum Gasteiger partial charge on any atom is -0.481 e. The summed E-state index contributed by atoms with van der Waals surface area (Å²) < 4.78 is 94.0. The standard InChI is InChI=1S/C74H124N16O38/c1-46(95)83(34-47-38-87(79-75-47)10-14-113-18-22-117-26-30-121-71-67(109)63(105)59(101)51(42-91)125-71)6-2-55(96)84(35-48-39-88(80-76-48)11-15-114-19-23-118-27-31-122-72-68(110)64(106)60(102)52(43-92)126-72)7-3-56(97)85(36-49-40-89(81-77-49)12-16-115-20-24-119-28-32-123-73-69(111)65(107)61(103)53(44-93)127-73)8-4-57(98)86(9-5-58(99)100)37-50-41-90(82-78-50)13-17-116-21-25-120-29-33-124-74-70(112)66(108)62(104)54(45-94)128-74/h38-41,51-54,59-74,91-94,101-112H,2-37,42-45H2,1H3,(H,99,100)/t51-,52-,53-,54-,59+,60+,61+,62+,63+,64+,65+,66+,67-,68-,69-,70-,71-,72-,73-,74-/m1/s1. The van der Waals surface area contributed by atoms with Gasteiger partial charge in [-0.15, -0.1) is 20.4 Å². The van der Waals surface area contributed by atoms with Crippen LogP contribution in [0.3, 0.4) is 0 Å². The number of aliphatic carboxylic acids is 1. The van der Waals surface area contributed by atoms with Crippen molar-refractivity contribution < 1.29 is 187 Å². The van der Waals surface area contributed by atoms with Crippen LogP contribution in [0.5, 0.6) is 0 Å². The number of carboxylic acid groups (broad SMARTS) is 1. The Bertz CT molecular complexity index is 3780. The SMILES string of the molecule is CC(=O)N(CCC(=O)N(CCC(=O)N(CCC(=O)N(CCC(=O)O)Cc1cn(CCOCCOCCO[C@@H]2O[C@H](CO)[C@H](O)[C@H](O)[C@H]2O)nn1)Cc1cn(CCOCCOCCO[C@@H]2O[C@H](CO)[C@H](O)[C@H](O)[C@H]2O)nn1)Cc1cn(CCOCCOCCO[C@@H]2O[C@H](CO)[C@H](O)[C@H](O)[C@H]2O)nn1)Cc1cn(CCOCCOCCO[C@@H]2O[C@H](CO)[C@H](O)[C@H](O)[C@H]2O)nn1. The maximum Gasteiger partial charge on any atom is 0.305 e. The molecule has 20 atom stereocenters. The summed E-state index contributed by atoms with van der Waals surface area (Å²) in [4.78, 5) is 74.7. The van der Waals surface area contributed by atoms with E-state index in [9.17, 15) is 111 Å². The number of aliphatic hydroxyl groups is 16. The maximum atomic E-state index is 14.9. The van der Waals surface area contributed by atoms with Crippen LogP contribution in [0.1, 0.15) is 55.4 Å². The molecule has 0 aromatic carbocycles. The Morgan fingerprint density at radius 1 is 0.305 bits per heavy atom. The highest BCUT2D eigenvalue weighted by Crippen LogP contribution is 2.27. The van der Waals surface area contributed by atoms with Crippen LogP contribution >= 0.6 is 0 Å². The molecule has 4 aromatic heterocycles. The van der Waals surface area contributed by atoms with Crippen LogP contribution in [0.4, 0.5) is 0 Å². The van der Waals surface area contributed by atoms with E-state index in [1.807, 2.05) is 0 Å². The summed E-state index contributed by atoms with van der Waals surface area (Å²) >= 11 is 0. The van der Waals surface area contributed by atoms with Crippen LogP contribution < -0.4 is 0 Å². The summed E-state index contributed by atoms with van der Waals surface area (Å²) in [6.45, 7) is -0.532. The molecule has 0 bridgehead atoms. The quantitative estimate of drug-likeness (QED) is 0.0183. The maximum absolute atomic E-state index is 14.9. The first-order valence-corrected chi connectivity index (χ1v) is 41.9. The lowest BCUT2D eigenvalue weighted by Gasteiger charge is -2.39. The first-order chi connectivity index (χ1) is 61.7. The molecule has 0 aliphatic carbocycles. The van der Waals surface area contributed by atoms with Gasteiger partial charge in [-0.2, -0.15) is 0 Å². The third-order valence-corrected chi connectivity index (χ3v) is 20.4. The van der Waals surface area contributed by atoms with Crippen molar-refractivity contribution in [2.24, 2.45) is 0 Å². The molecule has 728 valence electrons. The van der Waals surface area contributed by atoms with Crippen LogP contribution in [0.15, 0.2) is 24.8 Å². The lowest BCUT2D eigenvalue weighted by Crippen LogP contribution is -2.59. The van der Waals surface area contributed by atoms with Crippen molar-refractivity contribution >= 4 is 29.6 Å². The van der Waals surface area contributed by atoms with Crippen molar-refractivity contribution in [3.63, 3.8) is 0 Å². The monoisotopic (exact) mass is 1840 g/mol. The fourth-order valence-electron chi connectivity index (χ4n) is 13.1. The smallest absolute Gasteiger partial charge is 0.305 e. The predicted octanol–water partition coefficient (Wildman–Crippen LogP) is -12.5. The highest BCUT2D eigenvalue weighted by Gasteiger charge is 2.48. The second kappa shape index (κ2) is 57.2. The third kappa shape index (κ3) is 35.0. The fraction of sp³-hybridized carbons (Fsp3) is 0.824. The van der Waals surface area contributed by atoms with E-state index in [1.54, 1.807) is 24.8 Å². The first-order valence-electron chi connectivity index (χ1n) is 41.9. The second-order valence-corrected chi connectivity index (χ2v) is 29.8. The Labute approximate surface area is 733 Å². The molecule has 17 N–H and O–H groups in total. The van der Waals surface area contributed by atoms with Crippen LogP contribution in [0.2, 0.25) is 0 Å². The van der Waals surface area contributed by atoms with E-state index in [-0.39, 0.29) is 247 Å². The molecule has 4 aliphatic rings. The summed E-state index contributed by atoms with van der Waals surface area (Å²) in [6, 6.07) is 0. The summed E-state index contributed by atoms with van der Waals surface area (Å²) in [5.41, 5.74) is 1.21. The zero-order valence-electron chi connectivity index (χ0n) is 71.0. The van der Waals surface area contributed by atoms with Gasteiger partial charge in [0.1, 0.15) is 120 Å². The van der Waals surface area contributed by atoms with E-state index >= 15 is 0 Å². The van der Waals surface area contributed by atoms with Gasteiger partial charge in [-0.05, 0) is 0 Å². The number of carboxylic acids is 1. The van der Waals surface area contributed by atoms with Gasteiger partial charge in [0.15, 0.2) is 25.2 Å². The molecule has 0 saturated carbocycles. The number of aliphatic hydroxyl groups excluding tert-OH is 16. The summed E-state index contributed by atoms with van der Waals surface area (Å²) in [5.74, 6) is -3.29. The van der Waals surface area contributed by atoms with Gasteiger partial charge in [-0.3, -0.25) is 24.0 Å². The number of carbonyl (C=O) groups excluding carboxylic acids is 4. The van der Waals surface area contributed by atoms with Gasteiger partial charge in [0.25, 0.3) is 0 Å². The largest absolute Gasteiger partial charge is 0.481 e. The van der Waals surface area contributed by atoms with Gasteiger partial charge in [0.05, 0.1) is 242 Å². The van der Waals surface area contributed by atoms with Crippen molar-refractivity contribution in [2.45, 2.75) is 208 Å². The number of amides is 4. The fourth-order valence-corrected chi connectivity index (χ4v) is 13.1. The molecule has 4 saturated heterocycles. The van der Waals surface area contributed by atoms with E-state index in [0.29, 0.717) is 5.69 Å². The molecule has 4 aromatic rings. The van der Waals surface area contributed by atoms with E-state index in [1.165, 1.54) is 45.3 Å². The Balaban J connectivity index is 0.874. The zero-order chi connectivity index (χ0) is 92.4. The van der Waals surface area contributed by atoms with E-state index in [2.05, 4.69) is 41.2 Å². The van der Waals surface area contributed by atoms with E-state index in [4.69, 9.17) is 75.8 Å². The number of aromatic nitrogens is 12. The lowest BCUT2D eigenvalue weighted by molar-refractivity contribution is -0.302. The number of nitrogens with zero attached hydrogens (tertiary/aromatic N) is 16. The Morgan fingerprint density at radius 2 is 0.516 bits per heavy atom. The highest BCUT2D eigenvalue weighted by molar-refractivity contribution is 5.81. The average Bonchev–Trinajstić information content (AvgIpc) is 0.865. The second-order valence-electron chi connectivity index (χ2n) is 29.8. The minimum absolute atomic E-state index is 0.0214. The van der Waals surface area contributed by atoms with Gasteiger partial charge < -0.3 is 182 Å². The number of rotatable bonds is 64. The number of hydrogen-bond acceptors (Lipinski definition) is 45. The molecule has 0 unspecified atom stereocenters. The van der Waals surface area contributed by atoms with Crippen molar-refractivity contribution in [3.05, 3.63) is 47.6 Å². The summed E-state index contributed by atoms with van der Waals surface area (Å²) in [5, 5.41) is 203. The number of hydrogen-bond donors (Lipinski definition) is 17. The molecular weight excluding hydrogens is 1720 g/mol.